The molecule has 11 N–H and O–H groups in total. The molecule has 18 unspecified atom stereocenters. The molecule has 18 atom stereocenters. The van der Waals surface area contributed by atoms with Gasteiger partial charge in [0.15, 0.2) is 18.7 Å². The van der Waals surface area contributed by atoms with E-state index in [1.807, 2.05) is 0 Å². The molecule has 3 rings (SSSR count). The highest BCUT2D eigenvalue weighted by Gasteiger charge is 2.58. The minimum Gasteiger partial charge on any atom is -0.463 e. The third kappa shape index (κ3) is 39.2. The summed E-state index contributed by atoms with van der Waals surface area (Å²) in [6.07, 6.45) is 18.1. The highest BCUT2D eigenvalue weighted by molar-refractivity contribution is 7.47. The predicted octanol–water partition coefficient (Wildman–Crippen LogP) is 11.3. The first-order valence-electron chi connectivity index (χ1n) is 39.1. The molecule has 0 aromatic rings. The average molecular weight is 1450 g/mol. The Labute approximate surface area is 598 Å². The van der Waals surface area contributed by atoms with Crippen molar-refractivity contribution in [3.63, 3.8) is 0 Å². The molecule has 3 fully saturated rings. The molecule has 1 saturated carbocycles. The average Bonchev–Trinajstić information content (AvgIpc) is 0.764. The normalized spacial score (nSPS) is 27.4. The van der Waals surface area contributed by atoms with Crippen molar-refractivity contribution in [3.8, 4) is 0 Å². The lowest BCUT2D eigenvalue weighted by Gasteiger charge is -2.49. The molecule has 0 amide bonds. The van der Waals surface area contributed by atoms with Gasteiger partial charge in [-0.25, -0.2) is 4.57 Å². The number of hydrogen-bond acceptors (Lipinski definition) is 23. The minimum atomic E-state index is -5.70. The van der Waals surface area contributed by atoms with E-state index in [1.165, 1.54) is 154 Å². The number of phosphoric ester groups is 1. The van der Waals surface area contributed by atoms with Crippen molar-refractivity contribution in [2.45, 2.75) is 407 Å². The van der Waals surface area contributed by atoms with Gasteiger partial charge in [-0.3, -0.25) is 23.4 Å². The molecule has 2 saturated heterocycles. The molecule has 24 nitrogen and oxygen atoms in total. The standard InChI is InChI=1S/C75H137O24P/c1-4-7-10-13-16-19-22-25-28-29-30-33-35-37-40-43-46-49-59(77)91-53-56(94-61(79)51-48-45-42-39-36-32-27-24-21-18-15-12-9-6-3)54-93-100(89,90)99-73-71(97-74-69(87)64(82)62(80)57(52-76)95-74)67(85)66(84)68(86)72(73)98-75-70(88)65(83)63(81)58(96-75)55-92-60(78)50-47-44-41-38-34-31-26-23-20-17-14-11-8-5-2/h31-32,34,36,56-58,62-76,80-88H,4-30,33,35,37-55H2,1-3H3,(H,89,90)/b34-31-,36-32-. The molecule has 0 spiro atoms. The molecule has 2 aliphatic heterocycles. The van der Waals surface area contributed by atoms with E-state index in [9.17, 15) is 74.9 Å². The monoisotopic (exact) mass is 1450 g/mol. The smallest absolute Gasteiger partial charge is 0.463 e. The Hall–Kier alpha value is -2.56. The zero-order valence-electron chi connectivity index (χ0n) is 61.2. The van der Waals surface area contributed by atoms with Gasteiger partial charge in [-0.15, -0.1) is 0 Å². The van der Waals surface area contributed by atoms with Gasteiger partial charge in [-0.05, 0) is 70.6 Å². The van der Waals surface area contributed by atoms with E-state index in [0.29, 0.717) is 25.7 Å². The van der Waals surface area contributed by atoms with Crippen molar-refractivity contribution in [1.82, 2.24) is 0 Å². The van der Waals surface area contributed by atoms with Gasteiger partial charge in [0.25, 0.3) is 0 Å². The number of hydrogen-bond donors (Lipinski definition) is 11. The Kier molecular flexibility index (Phi) is 52.0. The molecule has 0 aromatic carbocycles. The summed E-state index contributed by atoms with van der Waals surface area (Å²) in [4.78, 5) is 51.0. The maximum Gasteiger partial charge on any atom is 0.472 e. The number of aliphatic hydroxyl groups is 10. The van der Waals surface area contributed by atoms with Crippen LogP contribution < -0.4 is 0 Å². The van der Waals surface area contributed by atoms with Gasteiger partial charge in [0.2, 0.25) is 0 Å². The lowest BCUT2D eigenvalue weighted by molar-refractivity contribution is -0.360. The lowest BCUT2D eigenvalue weighted by Crippen LogP contribution is -2.69. The fourth-order valence-electron chi connectivity index (χ4n) is 12.8. The minimum absolute atomic E-state index is 0.00789. The van der Waals surface area contributed by atoms with Crippen LogP contribution in [0.1, 0.15) is 303 Å². The fraction of sp³-hybridized carbons (Fsp3) is 0.907. The Balaban J connectivity index is 1.72. The number of allylic oxidation sites excluding steroid dienone is 4. The summed E-state index contributed by atoms with van der Waals surface area (Å²) < 4.78 is 65.1. The Morgan fingerprint density at radius 3 is 1.09 bits per heavy atom. The van der Waals surface area contributed by atoms with Crippen LogP contribution in [-0.4, -0.2) is 204 Å². The van der Waals surface area contributed by atoms with Crippen LogP contribution in [0.25, 0.3) is 0 Å². The zero-order valence-corrected chi connectivity index (χ0v) is 62.1. The van der Waals surface area contributed by atoms with Gasteiger partial charge >= 0.3 is 25.7 Å². The highest BCUT2D eigenvalue weighted by Crippen LogP contribution is 2.49. The number of carbonyl (C=O) groups is 3. The van der Waals surface area contributed by atoms with Crippen molar-refractivity contribution in [1.29, 1.82) is 0 Å². The first kappa shape index (κ1) is 91.6. The van der Waals surface area contributed by atoms with Crippen LogP contribution in [0.4, 0.5) is 0 Å². The Bertz CT molecular complexity index is 2160. The number of esters is 3. The zero-order chi connectivity index (χ0) is 73.2. The maximum absolute atomic E-state index is 14.3. The van der Waals surface area contributed by atoms with E-state index in [-0.39, 0.29) is 19.3 Å². The van der Waals surface area contributed by atoms with Crippen molar-refractivity contribution < 1.29 is 117 Å². The Morgan fingerprint density at radius 2 is 0.700 bits per heavy atom. The molecule has 3 aliphatic rings. The van der Waals surface area contributed by atoms with E-state index in [0.717, 1.165) is 83.5 Å². The van der Waals surface area contributed by atoms with E-state index in [2.05, 4.69) is 45.1 Å². The third-order valence-electron chi connectivity index (χ3n) is 19.2. The SMILES string of the molecule is CCCCCCCCC/C=C\CCCCCC(=O)OCC1OC(OC2C(O)C(O)C(O)C(OC3OC(CO)C(O)C(O)C3O)C2OP(=O)(O)OCC(COC(=O)CCCCCCCCCCCCCCCCCCC)OC(=O)CCCCC/C=C\CCCCCCCCC)C(O)C(O)C1O. The summed E-state index contributed by atoms with van der Waals surface area (Å²) in [6, 6.07) is 0. The van der Waals surface area contributed by atoms with Crippen LogP contribution in [0, 0.1) is 0 Å². The summed E-state index contributed by atoms with van der Waals surface area (Å²) in [5.41, 5.74) is 0. The predicted molar refractivity (Wildman–Crippen MR) is 379 cm³/mol. The summed E-state index contributed by atoms with van der Waals surface area (Å²) in [6.45, 7) is 3.43. The number of phosphoric acid groups is 1. The molecular formula is C75H137O24P. The van der Waals surface area contributed by atoms with Crippen LogP contribution in [0.5, 0.6) is 0 Å². The molecule has 0 aromatic heterocycles. The Morgan fingerprint density at radius 1 is 0.380 bits per heavy atom. The van der Waals surface area contributed by atoms with Gasteiger partial charge in [0.1, 0.15) is 98.7 Å². The molecule has 25 heteroatoms. The van der Waals surface area contributed by atoms with Gasteiger partial charge in [0, 0.05) is 19.3 Å². The van der Waals surface area contributed by atoms with Crippen LogP contribution in [0.2, 0.25) is 0 Å². The van der Waals surface area contributed by atoms with Gasteiger partial charge < -0.3 is 89.1 Å². The molecule has 0 bridgehead atoms. The fourth-order valence-corrected chi connectivity index (χ4v) is 13.8. The maximum atomic E-state index is 14.3. The van der Waals surface area contributed by atoms with E-state index >= 15 is 0 Å². The van der Waals surface area contributed by atoms with Crippen molar-refractivity contribution in [3.05, 3.63) is 24.3 Å². The molecule has 586 valence electrons. The van der Waals surface area contributed by atoms with Gasteiger partial charge in [-0.1, -0.05) is 238 Å². The van der Waals surface area contributed by atoms with E-state index < -0.39 is 156 Å². The molecule has 1 aliphatic carbocycles. The summed E-state index contributed by atoms with van der Waals surface area (Å²) >= 11 is 0. The molecule has 0 radical (unpaired) electrons. The summed E-state index contributed by atoms with van der Waals surface area (Å²) in [5.74, 6) is -2.02. The van der Waals surface area contributed by atoms with Crippen LogP contribution in [0.15, 0.2) is 24.3 Å². The molecular weight excluding hydrogens is 1320 g/mol. The summed E-state index contributed by atoms with van der Waals surface area (Å²) in [7, 11) is -5.70. The van der Waals surface area contributed by atoms with E-state index in [4.69, 9.17) is 42.2 Å². The van der Waals surface area contributed by atoms with Gasteiger partial charge in [-0.2, -0.15) is 0 Å². The first-order valence-corrected chi connectivity index (χ1v) is 40.6. The second-order valence-corrected chi connectivity index (χ2v) is 29.5. The summed E-state index contributed by atoms with van der Waals surface area (Å²) in [5, 5.41) is 110. The van der Waals surface area contributed by atoms with E-state index in [1.54, 1.807) is 0 Å². The second kappa shape index (κ2) is 56.7. The van der Waals surface area contributed by atoms with Crippen LogP contribution >= 0.6 is 7.82 Å². The number of ether oxygens (including phenoxy) is 7. The van der Waals surface area contributed by atoms with Crippen LogP contribution in [0.3, 0.4) is 0 Å². The molecule has 100 heavy (non-hydrogen) atoms. The van der Waals surface area contributed by atoms with Gasteiger partial charge in [0.05, 0.1) is 13.2 Å². The largest absolute Gasteiger partial charge is 0.472 e. The van der Waals surface area contributed by atoms with Crippen molar-refractivity contribution in [2.75, 3.05) is 26.4 Å². The van der Waals surface area contributed by atoms with Crippen molar-refractivity contribution in [2.24, 2.45) is 0 Å². The first-order chi connectivity index (χ1) is 48.3. The number of unbranched alkanes of at least 4 members (excludes halogenated alkanes) is 36. The van der Waals surface area contributed by atoms with Crippen molar-refractivity contribution >= 4 is 25.7 Å². The lowest BCUT2D eigenvalue weighted by atomic mass is 9.84. The number of rotatable bonds is 61. The quantitative estimate of drug-likeness (QED) is 0.00886. The number of aliphatic hydroxyl groups excluding tert-OH is 10. The topological polar surface area (TPSA) is 374 Å². The number of carbonyl (C=O) groups excluding carboxylic acids is 3. The highest BCUT2D eigenvalue weighted by atomic mass is 31.2. The third-order valence-corrected chi connectivity index (χ3v) is 20.2. The molecule has 2 heterocycles. The van der Waals surface area contributed by atoms with Crippen LogP contribution in [-0.2, 0) is 61.2 Å². The second-order valence-electron chi connectivity index (χ2n) is 28.1.